The van der Waals surface area contributed by atoms with Crippen LogP contribution in [0.3, 0.4) is 0 Å². The van der Waals surface area contributed by atoms with Gasteiger partial charge in [0.15, 0.2) is 0 Å². The minimum atomic E-state index is -0.570. The number of ether oxygens (including phenoxy) is 2. The molecule has 1 fully saturated rings. The smallest absolute Gasteiger partial charge is 0.311 e. The molecular formula is C12H14O3. The number of carbonyl (C=O) groups is 1. The van der Waals surface area contributed by atoms with Crippen molar-refractivity contribution in [3.05, 3.63) is 35.9 Å². The van der Waals surface area contributed by atoms with Gasteiger partial charge in [-0.25, -0.2) is 0 Å². The molecule has 0 radical (unpaired) electrons. The van der Waals surface area contributed by atoms with Gasteiger partial charge in [-0.1, -0.05) is 30.3 Å². The molecule has 0 heterocycles. The van der Waals surface area contributed by atoms with Crippen LogP contribution in [0.15, 0.2) is 30.3 Å². The Labute approximate surface area is 89.0 Å². The highest BCUT2D eigenvalue weighted by Crippen LogP contribution is 2.32. The molecule has 0 saturated heterocycles. The third kappa shape index (κ3) is 2.57. The zero-order chi connectivity index (χ0) is 10.7. The van der Waals surface area contributed by atoms with Crippen LogP contribution in [0.1, 0.15) is 24.7 Å². The van der Waals surface area contributed by atoms with Crippen LogP contribution in [0.5, 0.6) is 0 Å². The van der Waals surface area contributed by atoms with Gasteiger partial charge in [-0.2, -0.15) is 0 Å². The number of hydrogen-bond acceptors (Lipinski definition) is 3. The lowest BCUT2D eigenvalue weighted by Crippen LogP contribution is -2.14. The fraction of sp³-hybridized carbons (Fsp3) is 0.417. The number of carbonyl (C=O) groups excluding carboxylic acids is 1. The molecule has 1 aliphatic carbocycles. The van der Waals surface area contributed by atoms with E-state index in [9.17, 15) is 4.79 Å². The van der Waals surface area contributed by atoms with Crippen LogP contribution >= 0.6 is 0 Å². The summed E-state index contributed by atoms with van der Waals surface area (Å²) in [6.45, 7) is 0. The molecule has 80 valence electrons. The molecule has 1 unspecified atom stereocenters. The number of rotatable bonds is 4. The SMILES string of the molecule is COC(OC(=O)C1CC1)c1ccccc1. The fourth-order valence-electron chi connectivity index (χ4n) is 1.38. The maximum absolute atomic E-state index is 11.4. The molecule has 15 heavy (non-hydrogen) atoms. The first-order valence-electron chi connectivity index (χ1n) is 5.09. The average Bonchev–Trinajstić information content (AvgIpc) is 3.10. The predicted molar refractivity (Wildman–Crippen MR) is 55.0 cm³/mol. The number of esters is 1. The van der Waals surface area contributed by atoms with Gasteiger partial charge >= 0.3 is 5.97 Å². The Balaban J connectivity index is 2.00. The van der Waals surface area contributed by atoms with E-state index in [2.05, 4.69) is 0 Å². The number of hydrogen-bond donors (Lipinski definition) is 0. The fourth-order valence-corrected chi connectivity index (χ4v) is 1.38. The van der Waals surface area contributed by atoms with Crippen LogP contribution in [0.25, 0.3) is 0 Å². The second kappa shape index (κ2) is 4.45. The van der Waals surface area contributed by atoms with E-state index < -0.39 is 6.29 Å². The molecule has 1 aromatic rings. The Kier molecular flexibility index (Phi) is 3.02. The lowest BCUT2D eigenvalue weighted by Gasteiger charge is -2.16. The predicted octanol–water partition coefficient (Wildman–Crippen LogP) is 2.28. The van der Waals surface area contributed by atoms with Gasteiger partial charge in [0.2, 0.25) is 6.29 Å². The maximum atomic E-state index is 11.4. The number of benzene rings is 1. The molecule has 0 aromatic heterocycles. The topological polar surface area (TPSA) is 35.5 Å². The normalized spacial score (nSPS) is 17.1. The van der Waals surface area contributed by atoms with Crippen molar-refractivity contribution >= 4 is 5.97 Å². The number of methoxy groups -OCH3 is 1. The minimum absolute atomic E-state index is 0.103. The summed E-state index contributed by atoms with van der Waals surface area (Å²) in [7, 11) is 1.54. The van der Waals surface area contributed by atoms with E-state index in [0.717, 1.165) is 18.4 Å². The molecule has 1 atom stereocenters. The zero-order valence-corrected chi connectivity index (χ0v) is 8.68. The molecule has 0 amide bonds. The van der Waals surface area contributed by atoms with Crippen molar-refractivity contribution in [1.29, 1.82) is 0 Å². The van der Waals surface area contributed by atoms with E-state index >= 15 is 0 Å². The third-order valence-electron chi connectivity index (χ3n) is 2.42. The Morgan fingerprint density at radius 2 is 2.00 bits per heavy atom. The zero-order valence-electron chi connectivity index (χ0n) is 8.68. The van der Waals surface area contributed by atoms with E-state index in [-0.39, 0.29) is 11.9 Å². The first kappa shape index (κ1) is 10.2. The molecule has 2 rings (SSSR count). The van der Waals surface area contributed by atoms with Crippen molar-refractivity contribution in [2.75, 3.05) is 7.11 Å². The Morgan fingerprint density at radius 1 is 1.33 bits per heavy atom. The third-order valence-corrected chi connectivity index (χ3v) is 2.42. The highest BCUT2D eigenvalue weighted by molar-refractivity contribution is 5.75. The lowest BCUT2D eigenvalue weighted by molar-refractivity contribution is -0.176. The summed E-state index contributed by atoms with van der Waals surface area (Å²) in [5.41, 5.74) is 0.869. The summed E-state index contributed by atoms with van der Waals surface area (Å²) in [5, 5.41) is 0. The first-order chi connectivity index (χ1) is 7.31. The Morgan fingerprint density at radius 3 is 2.53 bits per heavy atom. The largest absolute Gasteiger partial charge is 0.431 e. The lowest BCUT2D eigenvalue weighted by atomic mass is 10.2. The van der Waals surface area contributed by atoms with Gasteiger partial charge in [0.05, 0.1) is 5.92 Å². The molecule has 0 bridgehead atoms. The molecule has 0 aliphatic heterocycles. The molecular weight excluding hydrogens is 192 g/mol. The van der Waals surface area contributed by atoms with Crippen molar-refractivity contribution in [3.8, 4) is 0 Å². The monoisotopic (exact) mass is 206 g/mol. The van der Waals surface area contributed by atoms with Crippen molar-refractivity contribution in [2.45, 2.75) is 19.1 Å². The van der Waals surface area contributed by atoms with E-state index in [0.29, 0.717) is 0 Å². The summed E-state index contributed by atoms with van der Waals surface area (Å²) in [6, 6.07) is 9.47. The highest BCUT2D eigenvalue weighted by atomic mass is 16.7. The summed E-state index contributed by atoms with van der Waals surface area (Å²) in [5.74, 6) is -0.0444. The van der Waals surface area contributed by atoms with Crippen LogP contribution in [0, 0.1) is 5.92 Å². The van der Waals surface area contributed by atoms with Crippen molar-refractivity contribution < 1.29 is 14.3 Å². The summed E-state index contributed by atoms with van der Waals surface area (Å²) < 4.78 is 10.4. The van der Waals surface area contributed by atoms with E-state index in [1.54, 1.807) is 0 Å². The van der Waals surface area contributed by atoms with Gasteiger partial charge in [0.1, 0.15) is 0 Å². The minimum Gasteiger partial charge on any atom is -0.431 e. The van der Waals surface area contributed by atoms with Gasteiger partial charge in [-0.05, 0) is 12.8 Å². The second-order valence-corrected chi connectivity index (χ2v) is 3.69. The van der Waals surface area contributed by atoms with Gasteiger partial charge < -0.3 is 9.47 Å². The van der Waals surface area contributed by atoms with Crippen molar-refractivity contribution in [2.24, 2.45) is 5.92 Å². The first-order valence-corrected chi connectivity index (χ1v) is 5.09. The van der Waals surface area contributed by atoms with Crippen LogP contribution in [0.4, 0.5) is 0 Å². The van der Waals surface area contributed by atoms with Crippen LogP contribution in [-0.4, -0.2) is 13.1 Å². The van der Waals surface area contributed by atoms with Crippen molar-refractivity contribution in [3.63, 3.8) is 0 Å². The second-order valence-electron chi connectivity index (χ2n) is 3.69. The van der Waals surface area contributed by atoms with Gasteiger partial charge in [0.25, 0.3) is 0 Å². The molecule has 0 N–H and O–H groups in total. The maximum Gasteiger partial charge on any atom is 0.311 e. The Hall–Kier alpha value is -1.35. The standard InChI is InChI=1S/C12H14O3/c1-14-12(10-5-3-2-4-6-10)15-11(13)9-7-8-9/h2-6,9,12H,7-8H2,1H3. The highest BCUT2D eigenvalue weighted by Gasteiger charge is 2.33. The molecule has 3 nitrogen and oxygen atoms in total. The van der Waals surface area contributed by atoms with Crippen molar-refractivity contribution in [1.82, 2.24) is 0 Å². The molecule has 1 aliphatic rings. The van der Waals surface area contributed by atoms with Gasteiger partial charge in [-0.3, -0.25) is 4.79 Å². The molecule has 1 aromatic carbocycles. The van der Waals surface area contributed by atoms with E-state index in [1.807, 2.05) is 30.3 Å². The molecule has 3 heteroatoms. The van der Waals surface area contributed by atoms with Crippen LogP contribution in [0.2, 0.25) is 0 Å². The summed E-state index contributed by atoms with van der Waals surface area (Å²) in [6.07, 6.45) is 1.33. The summed E-state index contributed by atoms with van der Waals surface area (Å²) in [4.78, 5) is 11.4. The molecule has 1 saturated carbocycles. The van der Waals surface area contributed by atoms with Crippen LogP contribution in [-0.2, 0) is 14.3 Å². The summed E-state index contributed by atoms with van der Waals surface area (Å²) >= 11 is 0. The molecule has 0 spiro atoms. The average molecular weight is 206 g/mol. The van der Waals surface area contributed by atoms with Crippen LogP contribution < -0.4 is 0 Å². The quantitative estimate of drug-likeness (QED) is 0.560. The van der Waals surface area contributed by atoms with E-state index in [1.165, 1.54) is 7.11 Å². The van der Waals surface area contributed by atoms with E-state index in [4.69, 9.17) is 9.47 Å². The van der Waals surface area contributed by atoms with Gasteiger partial charge in [0, 0.05) is 12.7 Å². The van der Waals surface area contributed by atoms with Gasteiger partial charge in [-0.15, -0.1) is 0 Å². The Bertz CT molecular complexity index is 330.